The average molecular weight is 1550 g/mol. The van der Waals surface area contributed by atoms with Crippen LogP contribution in [0.3, 0.4) is 0 Å². The van der Waals surface area contributed by atoms with Crippen LogP contribution in [0.25, 0.3) is 11.1 Å². The van der Waals surface area contributed by atoms with Crippen molar-refractivity contribution >= 4 is 124 Å². The highest BCUT2D eigenvalue weighted by Gasteiger charge is 2.52. The lowest BCUT2D eigenvalue weighted by Crippen LogP contribution is -2.58. The van der Waals surface area contributed by atoms with Gasteiger partial charge in [-0.05, 0) is 122 Å². The number of hydrogen-bond acceptors (Lipinski definition) is 19. The molecule has 0 radical (unpaired) electrons. The summed E-state index contributed by atoms with van der Waals surface area (Å²) in [6.07, 6.45) is 4.62. The number of halogens is 6. The summed E-state index contributed by atoms with van der Waals surface area (Å²) >= 11 is 36.8. The smallest absolute Gasteiger partial charge is 0.416 e. The predicted octanol–water partition coefficient (Wildman–Crippen LogP) is 14.5. The molecule has 0 aliphatic carbocycles. The van der Waals surface area contributed by atoms with E-state index in [1.165, 1.54) is 42.2 Å². The molecule has 4 aromatic rings. The van der Waals surface area contributed by atoms with Gasteiger partial charge in [0, 0.05) is 83.8 Å². The second kappa shape index (κ2) is 37.8. The Kier molecular flexibility index (Phi) is 30.3. The van der Waals surface area contributed by atoms with E-state index in [0.29, 0.717) is 90.6 Å². The minimum Gasteiger partial charge on any atom is -0.497 e. The van der Waals surface area contributed by atoms with E-state index in [4.69, 9.17) is 141 Å². The Morgan fingerprint density at radius 3 is 1.35 bits per heavy atom. The summed E-state index contributed by atoms with van der Waals surface area (Å²) in [7, 11) is 1.59. The molecule has 0 saturated heterocycles. The first-order valence-corrected chi connectivity index (χ1v) is 38.7. The molecule has 0 fully saturated rings. The molecule has 1 N–H and O–H groups in total. The van der Waals surface area contributed by atoms with E-state index in [9.17, 15) is 14.4 Å². The largest absolute Gasteiger partial charge is 0.497 e. The number of aliphatic hydroxyl groups is 1. The van der Waals surface area contributed by atoms with Gasteiger partial charge in [-0.3, -0.25) is 14.5 Å². The third kappa shape index (κ3) is 22.4. The maximum atomic E-state index is 15.3. The van der Waals surface area contributed by atoms with Gasteiger partial charge < -0.3 is 80.9 Å². The molecule has 4 aliphatic heterocycles. The molecular formula is C71H92Cl6N4O19Si. The fourth-order valence-electron chi connectivity index (χ4n) is 11.4. The topological polar surface area (TPSA) is 231 Å². The molecule has 8 rings (SSSR count). The molecule has 0 spiro atoms. The Morgan fingerprint density at radius 2 is 0.911 bits per heavy atom. The summed E-state index contributed by atoms with van der Waals surface area (Å²) in [6.45, 7) is 16.8. The number of carbonyl (C=O) groups is 4. The third-order valence-electron chi connectivity index (χ3n) is 17.6. The number of hydrogen-bond donors (Lipinski definition) is 1. The number of ether oxygens (including phenoxy) is 13. The first-order chi connectivity index (χ1) is 48.2. The number of anilines is 2. The van der Waals surface area contributed by atoms with E-state index in [0.717, 1.165) is 48.0 Å². The highest BCUT2D eigenvalue weighted by atomic mass is 35.6. The summed E-state index contributed by atoms with van der Waals surface area (Å²) in [5.74, 6) is 1.15. The van der Waals surface area contributed by atoms with Crippen LogP contribution in [0.2, 0.25) is 18.1 Å². The fourth-order valence-corrected chi connectivity index (χ4v) is 13.0. The van der Waals surface area contributed by atoms with Gasteiger partial charge in [-0.15, -0.1) is 0 Å². The van der Waals surface area contributed by atoms with E-state index in [1.54, 1.807) is 35.4 Å². The molecule has 556 valence electrons. The average Bonchev–Trinajstić information content (AvgIpc) is 1.62. The molecule has 101 heavy (non-hydrogen) atoms. The van der Waals surface area contributed by atoms with Gasteiger partial charge in [0.05, 0.1) is 95.0 Å². The van der Waals surface area contributed by atoms with Crippen LogP contribution in [0, 0.1) is 0 Å². The van der Waals surface area contributed by atoms with Gasteiger partial charge in [-0.1, -0.05) is 115 Å². The second-order valence-electron chi connectivity index (χ2n) is 25.8. The van der Waals surface area contributed by atoms with Crippen LogP contribution in [0.4, 0.5) is 21.0 Å². The van der Waals surface area contributed by atoms with Crippen molar-refractivity contribution in [2.75, 3.05) is 137 Å². The molecule has 30 heteroatoms. The van der Waals surface area contributed by atoms with Crippen LogP contribution in [0.15, 0.2) is 85.2 Å². The normalized spacial score (nSPS) is 17.7. The van der Waals surface area contributed by atoms with Crippen LogP contribution in [0.1, 0.15) is 104 Å². The van der Waals surface area contributed by atoms with Crippen molar-refractivity contribution in [2.24, 2.45) is 0 Å². The second-order valence-corrected chi connectivity index (χ2v) is 35.5. The molecule has 4 amide bonds. The van der Waals surface area contributed by atoms with E-state index >= 15 is 4.79 Å². The summed E-state index contributed by atoms with van der Waals surface area (Å²) < 4.78 is 78.7. The van der Waals surface area contributed by atoms with Crippen LogP contribution in [0.5, 0.6) is 34.5 Å². The summed E-state index contributed by atoms with van der Waals surface area (Å²) in [5.41, 5.74) is 3.80. The number of benzene rings is 4. The van der Waals surface area contributed by atoms with Gasteiger partial charge in [0.15, 0.2) is 37.5 Å². The highest BCUT2D eigenvalue weighted by Crippen LogP contribution is 2.49. The molecule has 4 heterocycles. The molecule has 0 bridgehead atoms. The maximum absolute atomic E-state index is 15.3. The van der Waals surface area contributed by atoms with Crippen LogP contribution in [-0.4, -0.2) is 206 Å². The number of amides is 4. The third-order valence-corrected chi connectivity index (χ3v) is 22.7. The molecule has 4 atom stereocenters. The Hall–Kier alpha value is -5.68. The van der Waals surface area contributed by atoms with Gasteiger partial charge in [0.25, 0.3) is 11.8 Å². The van der Waals surface area contributed by atoms with Crippen LogP contribution in [-0.2, 0) is 37.6 Å². The Morgan fingerprint density at radius 1 is 0.505 bits per heavy atom. The van der Waals surface area contributed by atoms with E-state index in [1.807, 2.05) is 68.5 Å². The zero-order valence-corrected chi connectivity index (χ0v) is 64.0. The van der Waals surface area contributed by atoms with Crippen molar-refractivity contribution in [2.45, 2.75) is 123 Å². The van der Waals surface area contributed by atoms with Crippen LogP contribution >= 0.6 is 69.6 Å². The maximum Gasteiger partial charge on any atom is 0.416 e. The first kappa shape index (κ1) is 81.0. The number of aliphatic hydroxyl groups excluding tert-OH is 1. The minimum absolute atomic E-state index is 0.000466. The Bertz CT molecular complexity index is 3460. The fraction of sp³-hybridized carbons (Fsp3) is 0.549. The standard InChI is InChI=1S/C71H92Cl6N4O19Si/c1-47-56-37-50(48-15-19-52(87-5)20-16-48)43-78(56)64(83)54-39-60(88-6)62(41-57(54)80(47)67(85)98-45-70(72,73)74)96-32-14-33-97-63-42-58-55(40-61(63)89-7)65(84)79-44-51(38-59(79)66(100-101(8,9)69(2,3)4)81(58)68(86)99-46-71(75,76)77)49-17-21-53(22-18-49)95-36-35-94-31-13-29-92-27-11-25-90-24-10-26-91-28-12-30-93-34-23-82/h15-22,39-44,47,56,59,66,82H,10-14,23-38,45-46H2,1-9H3. The van der Waals surface area contributed by atoms with Crippen molar-refractivity contribution < 1.29 is 90.3 Å². The van der Waals surface area contributed by atoms with E-state index in [2.05, 4.69) is 20.8 Å². The Balaban J connectivity index is 0.940. The summed E-state index contributed by atoms with van der Waals surface area (Å²) in [6, 6.07) is 19.1. The number of alkyl halides is 6. The summed E-state index contributed by atoms with van der Waals surface area (Å²) in [5, 5.41) is 8.36. The number of fused-ring (bicyclic) bond motifs is 4. The van der Waals surface area contributed by atoms with Crippen molar-refractivity contribution in [1.29, 1.82) is 0 Å². The molecule has 4 unspecified atom stereocenters. The lowest BCUT2D eigenvalue weighted by molar-refractivity contribution is 0.0435. The van der Waals surface area contributed by atoms with Crippen molar-refractivity contribution in [3.05, 3.63) is 107 Å². The van der Waals surface area contributed by atoms with Gasteiger partial charge in [-0.2, -0.15) is 0 Å². The minimum atomic E-state index is -2.85. The van der Waals surface area contributed by atoms with E-state index < -0.39 is 77.5 Å². The first-order valence-electron chi connectivity index (χ1n) is 33.5. The molecule has 4 aliphatic rings. The van der Waals surface area contributed by atoms with Gasteiger partial charge >= 0.3 is 12.2 Å². The quantitative estimate of drug-likeness (QED) is 0.0251. The van der Waals surface area contributed by atoms with Crippen LogP contribution < -0.4 is 38.2 Å². The van der Waals surface area contributed by atoms with Gasteiger partial charge in [0.1, 0.15) is 31.3 Å². The highest BCUT2D eigenvalue weighted by molar-refractivity contribution is 6.74. The number of rotatable bonds is 37. The van der Waals surface area contributed by atoms with Crippen molar-refractivity contribution in [3.8, 4) is 34.5 Å². The zero-order chi connectivity index (χ0) is 73.1. The molecule has 0 aromatic heterocycles. The lowest BCUT2D eigenvalue weighted by Gasteiger charge is -2.44. The number of carbonyl (C=O) groups excluding carboxylic acids is 4. The predicted molar refractivity (Wildman–Crippen MR) is 391 cm³/mol. The number of nitrogens with zero attached hydrogens (tertiary/aromatic N) is 4. The molecular weight excluding hydrogens is 1450 g/mol. The lowest BCUT2D eigenvalue weighted by atomic mass is 9.98. The Labute approximate surface area is 622 Å². The number of methoxy groups -OCH3 is 3. The molecule has 4 aromatic carbocycles. The zero-order valence-electron chi connectivity index (χ0n) is 58.5. The van der Waals surface area contributed by atoms with E-state index in [-0.39, 0.29) is 83.2 Å². The SMILES string of the molecule is COc1ccc(C2=CN3C(=O)c4cc(OC)c(OCCCOc5cc6c(cc5OC)C(=O)N5C=C(c7ccc(OCCOCCCOCCCOCCCOCCCOCCO)cc7)CC5C(O[Si](C)(C)C(C)(C)C)N6C(=O)OCC(Cl)(Cl)Cl)cc4N(C(=O)OCC(Cl)(Cl)Cl)C(C)C3C2)cc1. The molecule has 23 nitrogen and oxygen atoms in total. The summed E-state index contributed by atoms with van der Waals surface area (Å²) in [4.78, 5) is 65.1. The molecule has 0 saturated carbocycles. The van der Waals surface area contributed by atoms with Crippen molar-refractivity contribution in [1.82, 2.24) is 9.80 Å². The van der Waals surface area contributed by atoms with Gasteiger partial charge in [0.2, 0.25) is 7.59 Å². The van der Waals surface area contributed by atoms with Gasteiger partial charge in [-0.25, -0.2) is 14.5 Å². The van der Waals surface area contributed by atoms with Crippen molar-refractivity contribution in [3.63, 3.8) is 0 Å². The monoisotopic (exact) mass is 1540 g/mol.